The summed E-state index contributed by atoms with van der Waals surface area (Å²) in [6.45, 7) is 7.33. The van der Waals surface area contributed by atoms with Gasteiger partial charge in [0.2, 0.25) is 5.88 Å². The van der Waals surface area contributed by atoms with E-state index in [0.29, 0.717) is 12.4 Å². The van der Waals surface area contributed by atoms with E-state index in [-0.39, 0.29) is 11.8 Å². The predicted octanol–water partition coefficient (Wildman–Crippen LogP) is 4.14. The van der Waals surface area contributed by atoms with Crippen molar-refractivity contribution in [3.05, 3.63) is 71.2 Å². The van der Waals surface area contributed by atoms with Gasteiger partial charge in [0.15, 0.2) is 11.6 Å². The van der Waals surface area contributed by atoms with Crippen LogP contribution in [0.25, 0.3) is 0 Å². The molecule has 7 heteroatoms. The van der Waals surface area contributed by atoms with Crippen molar-refractivity contribution in [1.82, 2.24) is 20.1 Å². The van der Waals surface area contributed by atoms with Gasteiger partial charge in [0.25, 0.3) is 0 Å². The van der Waals surface area contributed by atoms with E-state index < -0.39 is 11.6 Å². The summed E-state index contributed by atoms with van der Waals surface area (Å²) in [5, 5.41) is 7.88. The highest BCUT2D eigenvalue weighted by Crippen LogP contribution is 2.24. The Kier molecular flexibility index (Phi) is 5.81. The van der Waals surface area contributed by atoms with Crippen molar-refractivity contribution in [1.29, 1.82) is 0 Å². The quantitative estimate of drug-likeness (QED) is 0.677. The SMILES string of the molecule is Cc1cc(C)n(C[C@H](C)NCc2cccnc2Oc2ccc(F)c(F)c2)n1. The molecule has 0 saturated carbocycles. The summed E-state index contributed by atoms with van der Waals surface area (Å²) in [5.41, 5.74) is 2.93. The molecule has 0 aliphatic rings. The highest BCUT2D eigenvalue weighted by Gasteiger charge is 2.11. The third-order valence-corrected chi connectivity index (χ3v) is 4.15. The number of benzene rings is 1. The lowest BCUT2D eigenvalue weighted by atomic mass is 10.2. The van der Waals surface area contributed by atoms with Crippen LogP contribution in [-0.4, -0.2) is 20.8 Å². The molecule has 0 bridgehead atoms. The monoisotopic (exact) mass is 372 g/mol. The van der Waals surface area contributed by atoms with Crippen molar-refractivity contribution >= 4 is 0 Å². The van der Waals surface area contributed by atoms with E-state index in [0.717, 1.165) is 35.6 Å². The van der Waals surface area contributed by atoms with E-state index in [9.17, 15) is 8.78 Å². The van der Waals surface area contributed by atoms with E-state index >= 15 is 0 Å². The Balaban J connectivity index is 1.65. The van der Waals surface area contributed by atoms with Crippen LogP contribution in [0.2, 0.25) is 0 Å². The van der Waals surface area contributed by atoms with Crippen LogP contribution in [0.4, 0.5) is 8.78 Å². The maximum atomic E-state index is 13.4. The van der Waals surface area contributed by atoms with E-state index in [1.807, 2.05) is 30.7 Å². The Hall–Kier alpha value is -2.80. The van der Waals surface area contributed by atoms with Crippen LogP contribution in [0.15, 0.2) is 42.6 Å². The molecule has 1 aromatic carbocycles. The van der Waals surface area contributed by atoms with Crippen LogP contribution in [-0.2, 0) is 13.1 Å². The summed E-state index contributed by atoms with van der Waals surface area (Å²) in [7, 11) is 0. The minimum Gasteiger partial charge on any atom is -0.439 e. The van der Waals surface area contributed by atoms with Crippen LogP contribution in [0.3, 0.4) is 0 Å². The number of rotatable bonds is 7. The van der Waals surface area contributed by atoms with Crippen molar-refractivity contribution in [2.75, 3.05) is 0 Å². The van der Waals surface area contributed by atoms with Crippen LogP contribution in [0, 0.1) is 25.5 Å². The Bertz CT molecular complexity index is 926. The molecule has 5 nitrogen and oxygen atoms in total. The number of nitrogens with one attached hydrogen (secondary N) is 1. The third-order valence-electron chi connectivity index (χ3n) is 4.15. The minimum absolute atomic E-state index is 0.166. The van der Waals surface area contributed by atoms with Crippen LogP contribution in [0.5, 0.6) is 11.6 Å². The van der Waals surface area contributed by atoms with Gasteiger partial charge in [-0.25, -0.2) is 13.8 Å². The normalized spacial score (nSPS) is 12.2. The molecule has 0 radical (unpaired) electrons. The highest BCUT2D eigenvalue weighted by atomic mass is 19.2. The Morgan fingerprint density at radius 1 is 1.15 bits per heavy atom. The van der Waals surface area contributed by atoms with Crippen LogP contribution >= 0.6 is 0 Å². The maximum Gasteiger partial charge on any atom is 0.223 e. The molecular formula is C20H22F2N4O. The predicted molar refractivity (Wildman–Crippen MR) is 98.7 cm³/mol. The van der Waals surface area contributed by atoms with Crippen molar-refractivity contribution in [3.8, 4) is 11.6 Å². The van der Waals surface area contributed by atoms with Crippen LogP contribution < -0.4 is 10.1 Å². The van der Waals surface area contributed by atoms with Gasteiger partial charge in [-0.2, -0.15) is 5.10 Å². The number of ether oxygens (including phenoxy) is 1. The summed E-state index contributed by atoms with van der Waals surface area (Å²) < 4.78 is 34.1. The van der Waals surface area contributed by atoms with Gasteiger partial charge in [-0.05, 0) is 45.0 Å². The lowest BCUT2D eigenvalue weighted by Gasteiger charge is -2.16. The summed E-state index contributed by atoms with van der Waals surface area (Å²) in [5.74, 6) is -1.32. The molecule has 2 heterocycles. The minimum atomic E-state index is -0.957. The third kappa shape index (κ3) is 4.89. The van der Waals surface area contributed by atoms with Gasteiger partial charge in [-0.3, -0.25) is 4.68 Å². The van der Waals surface area contributed by atoms with E-state index in [1.54, 1.807) is 12.3 Å². The zero-order valence-electron chi connectivity index (χ0n) is 15.5. The average molecular weight is 372 g/mol. The van der Waals surface area contributed by atoms with Gasteiger partial charge < -0.3 is 10.1 Å². The standard InChI is InChI=1S/C20H22F2N4O/c1-13-9-15(3)26(25-13)12-14(2)24-11-16-5-4-8-23-20(16)27-17-6-7-18(21)19(22)10-17/h4-10,14,24H,11-12H2,1-3H3/t14-/m0/s1. The largest absolute Gasteiger partial charge is 0.439 e. The Labute approximate surface area is 157 Å². The van der Waals surface area contributed by atoms with Crippen molar-refractivity contribution < 1.29 is 13.5 Å². The number of pyridine rings is 1. The van der Waals surface area contributed by atoms with Crippen molar-refractivity contribution in [2.24, 2.45) is 0 Å². The van der Waals surface area contributed by atoms with E-state index in [1.165, 1.54) is 6.07 Å². The second kappa shape index (κ2) is 8.26. The topological polar surface area (TPSA) is 52.0 Å². The van der Waals surface area contributed by atoms with Gasteiger partial charge >= 0.3 is 0 Å². The Morgan fingerprint density at radius 3 is 2.67 bits per heavy atom. The van der Waals surface area contributed by atoms with Gasteiger partial charge in [0, 0.05) is 36.1 Å². The van der Waals surface area contributed by atoms with Gasteiger partial charge in [0.1, 0.15) is 5.75 Å². The zero-order chi connectivity index (χ0) is 19.4. The molecule has 142 valence electrons. The number of hydrogen-bond donors (Lipinski definition) is 1. The molecule has 3 rings (SSSR count). The molecule has 0 fully saturated rings. The fourth-order valence-electron chi connectivity index (χ4n) is 2.77. The lowest BCUT2D eigenvalue weighted by molar-refractivity contribution is 0.422. The zero-order valence-corrected chi connectivity index (χ0v) is 15.5. The molecule has 3 aromatic rings. The number of nitrogens with zero attached hydrogens (tertiary/aromatic N) is 3. The van der Waals surface area contributed by atoms with E-state index in [2.05, 4.69) is 22.3 Å². The second-order valence-corrected chi connectivity index (χ2v) is 6.54. The van der Waals surface area contributed by atoms with Crippen molar-refractivity contribution in [2.45, 2.75) is 39.9 Å². The fourth-order valence-corrected chi connectivity index (χ4v) is 2.77. The van der Waals surface area contributed by atoms with Crippen LogP contribution in [0.1, 0.15) is 23.9 Å². The molecule has 0 unspecified atom stereocenters. The summed E-state index contributed by atoms with van der Waals surface area (Å²) >= 11 is 0. The number of halogens is 2. The molecular weight excluding hydrogens is 350 g/mol. The Morgan fingerprint density at radius 2 is 1.96 bits per heavy atom. The maximum absolute atomic E-state index is 13.4. The summed E-state index contributed by atoms with van der Waals surface area (Å²) in [6.07, 6.45) is 1.60. The lowest BCUT2D eigenvalue weighted by Crippen LogP contribution is -2.30. The highest BCUT2D eigenvalue weighted by molar-refractivity contribution is 5.32. The molecule has 1 N–H and O–H groups in total. The molecule has 0 aliphatic carbocycles. The smallest absolute Gasteiger partial charge is 0.223 e. The molecule has 0 saturated heterocycles. The van der Waals surface area contributed by atoms with Gasteiger partial charge in [0.05, 0.1) is 12.2 Å². The first-order valence-electron chi connectivity index (χ1n) is 8.73. The first-order chi connectivity index (χ1) is 12.9. The molecule has 27 heavy (non-hydrogen) atoms. The van der Waals surface area contributed by atoms with Crippen molar-refractivity contribution in [3.63, 3.8) is 0 Å². The summed E-state index contributed by atoms with van der Waals surface area (Å²) in [4.78, 5) is 4.21. The molecule has 2 aromatic heterocycles. The summed E-state index contributed by atoms with van der Waals surface area (Å²) in [6, 6.07) is 9.30. The van der Waals surface area contributed by atoms with Gasteiger partial charge in [-0.1, -0.05) is 6.07 Å². The van der Waals surface area contributed by atoms with E-state index in [4.69, 9.17) is 4.74 Å². The molecule has 0 aliphatic heterocycles. The molecule has 0 spiro atoms. The number of aryl methyl sites for hydroxylation is 2. The second-order valence-electron chi connectivity index (χ2n) is 6.54. The first-order valence-corrected chi connectivity index (χ1v) is 8.73. The molecule has 0 amide bonds. The van der Waals surface area contributed by atoms with Gasteiger partial charge in [-0.15, -0.1) is 0 Å². The molecule has 1 atom stereocenters. The number of hydrogen-bond acceptors (Lipinski definition) is 4. The average Bonchev–Trinajstić information content (AvgIpc) is 2.94. The first kappa shape index (κ1) is 19.0. The number of aromatic nitrogens is 3. The fraction of sp³-hybridized carbons (Fsp3) is 0.300.